The van der Waals surface area contributed by atoms with Crippen molar-refractivity contribution in [2.24, 2.45) is 5.92 Å². The summed E-state index contributed by atoms with van der Waals surface area (Å²) in [5.41, 5.74) is 0.755. The van der Waals surface area contributed by atoms with E-state index in [1.165, 1.54) is 0 Å². The van der Waals surface area contributed by atoms with E-state index < -0.39 is 6.10 Å². The first-order valence-electron chi connectivity index (χ1n) is 6.52. The molecule has 1 aromatic rings. The minimum atomic E-state index is -0.544. The van der Waals surface area contributed by atoms with Crippen LogP contribution in [0, 0.1) is 5.92 Å². The summed E-state index contributed by atoms with van der Waals surface area (Å²) in [7, 11) is 3.22. The largest absolute Gasteiger partial charge is 0.496 e. The van der Waals surface area contributed by atoms with Gasteiger partial charge in [0.2, 0.25) is 0 Å². The van der Waals surface area contributed by atoms with Crippen LogP contribution in [0.15, 0.2) is 18.2 Å². The lowest BCUT2D eigenvalue weighted by Gasteiger charge is -2.20. The van der Waals surface area contributed by atoms with Crippen LogP contribution in [-0.2, 0) is 0 Å². The second-order valence-electron chi connectivity index (χ2n) is 4.72. The molecular formula is C15H24O3. The smallest absolute Gasteiger partial charge is 0.128 e. The number of benzene rings is 1. The average Bonchev–Trinajstić information content (AvgIpc) is 2.37. The minimum absolute atomic E-state index is 0.486. The van der Waals surface area contributed by atoms with Crippen molar-refractivity contribution in [1.29, 1.82) is 0 Å². The fraction of sp³-hybridized carbons (Fsp3) is 0.600. The van der Waals surface area contributed by atoms with Crippen LogP contribution in [0.5, 0.6) is 11.5 Å². The van der Waals surface area contributed by atoms with E-state index in [0.717, 1.165) is 24.8 Å². The molecule has 0 aliphatic heterocycles. The van der Waals surface area contributed by atoms with Crippen LogP contribution in [0.4, 0.5) is 0 Å². The molecule has 2 atom stereocenters. The summed E-state index contributed by atoms with van der Waals surface area (Å²) in [6, 6.07) is 5.57. The van der Waals surface area contributed by atoms with Crippen LogP contribution >= 0.6 is 0 Å². The lowest BCUT2D eigenvalue weighted by Crippen LogP contribution is -2.07. The molecule has 0 aliphatic rings. The van der Waals surface area contributed by atoms with E-state index in [1.807, 2.05) is 18.2 Å². The first-order chi connectivity index (χ1) is 8.63. The molecule has 1 N–H and O–H groups in total. The van der Waals surface area contributed by atoms with Crippen molar-refractivity contribution in [2.75, 3.05) is 14.2 Å². The fourth-order valence-electron chi connectivity index (χ4n) is 2.32. The number of aliphatic hydroxyl groups is 1. The van der Waals surface area contributed by atoms with Gasteiger partial charge in [0.1, 0.15) is 11.5 Å². The van der Waals surface area contributed by atoms with Gasteiger partial charge < -0.3 is 14.6 Å². The SMILES string of the molecule is CCCC(C)CC(O)c1c(OC)cccc1OC. The molecule has 18 heavy (non-hydrogen) atoms. The standard InChI is InChI=1S/C15H24O3/c1-5-7-11(2)10-12(16)15-13(17-3)8-6-9-14(15)18-4/h6,8-9,11-12,16H,5,7,10H2,1-4H3. The Bertz CT molecular complexity index is 341. The normalized spacial score (nSPS) is 14.1. The molecule has 0 saturated heterocycles. The second-order valence-corrected chi connectivity index (χ2v) is 4.72. The molecule has 0 heterocycles. The van der Waals surface area contributed by atoms with Gasteiger partial charge in [-0.05, 0) is 24.5 Å². The Morgan fingerprint density at radius 1 is 1.17 bits per heavy atom. The van der Waals surface area contributed by atoms with Gasteiger partial charge in [0.15, 0.2) is 0 Å². The van der Waals surface area contributed by atoms with Crippen LogP contribution in [0.2, 0.25) is 0 Å². The van der Waals surface area contributed by atoms with E-state index in [1.54, 1.807) is 14.2 Å². The summed E-state index contributed by atoms with van der Waals surface area (Å²) in [5, 5.41) is 10.4. The number of hydrogen-bond donors (Lipinski definition) is 1. The number of aliphatic hydroxyl groups excluding tert-OH is 1. The molecule has 3 heteroatoms. The minimum Gasteiger partial charge on any atom is -0.496 e. The molecule has 1 rings (SSSR count). The molecule has 0 saturated carbocycles. The number of rotatable bonds is 7. The van der Waals surface area contributed by atoms with Gasteiger partial charge >= 0.3 is 0 Å². The second kappa shape index (κ2) is 7.27. The Morgan fingerprint density at radius 2 is 1.72 bits per heavy atom. The zero-order valence-electron chi connectivity index (χ0n) is 11.8. The Hall–Kier alpha value is -1.22. The van der Waals surface area contributed by atoms with Gasteiger partial charge in [-0.25, -0.2) is 0 Å². The lowest BCUT2D eigenvalue weighted by atomic mass is 9.94. The summed E-state index contributed by atoms with van der Waals surface area (Å²) in [6.07, 6.45) is 2.44. The molecule has 0 radical (unpaired) electrons. The molecule has 0 aliphatic carbocycles. The number of ether oxygens (including phenoxy) is 2. The molecule has 0 amide bonds. The van der Waals surface area contributed by atoms with Gasteiger partial charge in [-0.2, -0.15) is 0 Å². The van der Waals surface area contributed by atoms with Crippen LogP contribution in [-0.4, -0.2) is 19.3 Å². The summed E-state index contributed by atoms with van der Waals surface area (Å²) < 4.78 is 10.6. The van der Waals surface area contributed by atoms with Crippen molar-refractivity contribution >= 4 is 0 Å². The molecule has 0 spiro atoms. The van der Waals surface area contributed by atoms with Crippen molar-refractivity contribution in [3.05, 3.63) is 23.8 Å². The third kappa shape index (κ3) is 3.64. The van der Waals surface area contributed by atoms with Gasteiger partial charge in [-0.3, -0.25) is 0 Å². The predicted molar refractivity (Wildman–Crippen MR) is 73.2 cm³/mol. The summed E-state index contributed by atoms with van der Waals surface area (Å²) >= 11 is 0. The lowest BCUT2D eigenvalue weighted by molar-refractivity contribution is 0.138. The first-order valence-corrected chi connectivity index (χ1v) is 6.52. The maximum atomic E-state index is 10.4. The molecule has 2 unspecified atom stereocenters. The van der Waals surface area contributed by atoms with Gasteiger partial charge in [-0.1, -0.05) is 32.8 Å². The first kappa shape index (κ1) is 14.8. The third-order valence-corrected chi connectivity index (χ3v) is 3.21. The van der Waals surface area contributed by atoms with Crippen LogP contribution < -0.4 is 9.47 Å². The number of hydrogen-bond acceptors (Lipinski definition) is 3. The Balaban J connectivity index is 2.92. The molecule has 0 aromatic heterocycles. The Morgan fingerprint density at radius 3 is 2.17 bits per heavy atom. The van der Waals surface area contributed by atoms with Crippen molar-refractivity contribution in [3.8, 4) is 11.5 Å². The van der Waals surface area contributed by atoms with E-state index >= 15 is 0 Å². The molecule has 0 fully saturated rings. The molecule has 1 aromatic carbocycles. The average molecular weight is 252 g/mol. The van der Waals surface area contributed by atoms with E-state index in [-0.39, 0.29) is 0 Å². The highest BCUT2D eigenvalue weighted by Gasteiger charge is 2.20. The summed E-state index contributed by atoms with van der Waals surface area (Å²) in [4.78, 5) is 0. The van der Waals surface area contributed by atoms with Crippen LogP contribution in [0.3, 0.4) is 0 Å². The maximum absolute atomic E-state index is 10.4. The molecule has 3 nitrogen and oxygen atoms in total. The highest BCUT2D eigenvalue weighted by molar-refractivity contribution is 5.46. The monoisotopic (exact) mass is 252 g/mol. The van der Waals surface area contributed by atoms with Gasteiger partial charge in [0.25, 0.3) is 0 Å². The highest BCUT2D eigenvalue weighted by atomic mass is 16.5. The van der Waals surface area contributed by atoms with Gasteiger partial charge in [0.05, 0.1) is 25.9 Å². The zero-order valence-corrected chi connectivity index (χ0v) is 11.8. The maximum Gasteiger partial charge on any atom is 0.128 e. The van der Waals surface area contributed by atoms with E-state index in [4.69, 9.17) is 9.47 Å². The van der Waals surface area contributed by atoms with Crippen molar-refractivity contribution < 1.29 is 14.6 Å². The van der Waals surface area contributed by atoms with Crippen LogP contribution in [0.1, 0.15) is 44.8 Å². The predicted octanol–water partition coefficient (Wildman–Crippen LogP) is 3.56. The van der Waals surface area contributed by atoms with Gasteiger partial charge in [-0.15, -0.1) is 0 Å². The molecule has 102 valence electrons. The van der Waals surface area contributed by atoms with Crippen molar-refractivity contribution in [1.82, 2.24) is 0 Å². The summed E-state index contributed by atoms with van der Waals surface area (Å²) in [5.74, 6) is 1.86. The van der Waals surface area contributed by atoms with E-state index in [9.17, 15) is 5.11 Å². The number of methoxy groups -OCH3 is 2. The quantitative estimate of drug-likeness (QED) is 0.806. The van der Waals surface area contributed by atoms with Gasteiger partial charge in [0, 0.05) is 0 Å². The highest BCUT2D eigenvalue weighted by Crippen LogP contribution is 2.37. The third-order valence-electron chi connectivity index (χ3n) is 3.21. The molecule has 0 bridgehead atoms. The summed E-state index contributed by atoms with van der Waals surface area (Å²) in [6.45, 7) is 4.32. The fourth-order valence-corrected chi connectivity index (χ4v) is 2.32. The van der Waals surface area contributed by atoms with Crippen molar-refractivity contribution in [2.45, 2.75) is 39.2 Å². The topological polar surface area (TPSA) is 38.7 Å². The Kier molecular flexibility index (Phi) is 5.99. The van der Waals surface area contributed by atoms with E-state index in [2.05, 4.69) is 13.8 Å². The van der Waals surface area contributed by atoms with Crippen molar-refractivity contribution in [3.63, 3.8) is 0 Å². The zero-order chi connectivity index (χ0) is 13.5. The molecular weight excluding hydrogens is 228 g/mol. The van der Waals surface area contributed by atoms with E-state index in [0.29, 0.717) is 17.4 Å². The van der Waals surface area contributed by atoms with Crippen LogP contribution in [0.25, 0.3) is 0 Å². The Labute approximate surface area is 110 Å².